The lowest BCUT2D eigenvalue weighted by Crippen LogP contribution is -2.30. The zero-order valence-electron chi connectivity index (χ0n) is 15.2. The average molecular weight is 392 g/mol. The fourth-order valence-electron chi connectivity index (χ4n) is 2.89. The van der Waals surface area contributed by atoms with E-state index in [2.05, 4.69) is 15.5 Å². The number of hydrogen-bond acceptors (Lipinski definition) is 5. The van der Waals surface area contributed by atoms with Gasteiger partial charge in [-0.2, -0.15) is 0 Å². The van der Waals surface area contributed by atoms with Crippen LogP contribution in [-0.4, -0.2) is 38.8 Å². The van der Waals surface area contributed by atoms with Crippen LogP contribution in [0.5, 0.6) is 0 Å². The van der Waals surface area contributed by atoms with Crippen molar-refractivity contribution in [2.24, 2.45) is 0 Å². The molecule has 0 aliphatic heterocycles. The van der Waals surface area contributed by atoms with Crippen molar-refractivity contribution in [3.63, 3.8) is 0 Å². The Morgan fingerprint density at radius 3 is 2.36 bits per heavy atom. The molecular weight excluding hydrogens is 372 g/mol. The van der Waals surface area contributed by atoms with Crippen LogP contribution in [0.4, 0.5) is 0 Å². The normalized spacial score (nSPS) is 13.3. The standard InChI is InChI=1S/C21H20N4O2S/c26-18(15-7-3-1-4-8-15)13-22-19(27)14-28-21-24-23-20(16-11-12-16)25(21)17-9-5-2-6-10-17/h1-10,16H,11-14H2,(H,22,27). The largest absolute Gasteiger partial charge is 0.348 e. The molecule has 1 N–H and O–H groups in total. The van der Waals surface area contributed by atoms with Gasteiger partial charge in [-0.05, 0) is 25.0 Å². The first-order valence-electron chi connectivity index (χ1n) is 9.21. The summed E-state index contributed by atoms with van der Waals surface area (Å²) in [7, 11) is 0. The van der Waals surface area contributed by atoms with Crippen LogP contribution >= 0.6 is 11.8 Å². The number of thioether (sulfide) groups is 1. The van der Waals surface area contributed by atoms with Gasteiger partial charge < -0.3 is 5.32 Å². The predicted molar refractivity (Wildman–Crippen MR) is 108 cm³/mol. The van der Waals surface area contributed by atoms with Crippen molar-refractivity contribution in [1.29, 1.82) is 0 Å². The third-order valence-electron chi connectivity index (χ3n) is 4.49. The molecule has 1 amide bonds. The summed E-state index contributed by atoms with van der Waals surface area (Å²) in [5.41, 5.74) is 1.59. The molecule has 1 heterocycles. The molecule has 142 valence electrons. The van der Waals surface area contributed by atoms with Gasteiger partial charge in [-0.25, -0.2) is 0 Å². The number of hydrogen-bond donors (Lipinski definition) is 1. The Kier molecular flexibility index (Phi) is 5.53. The minimum Gasteiger partial charge on any atom is -0.348 e. The number of carbonyl (C=O) groups is 2. The summed E-state index contributed by atoms with van der Waals surface area (Å²) in [6.07, 6.45) is 2.25. The molecule has 3 aromatic rings. The topological polar surface area (TPSA) is 76.9 Å². The number of amides is 1. The van der Waals surface area contributed by atoms with E-state index in [1.807, 2.05) is 41.0 Å². The van der Waals surface area contributed by atoms with E-state index >= 15 is 0 Å². The maximum Gasteiger partial charge on any atom is 0.230 e. The SMILES string of the molecule is O=C(CSc1nnc(C2CC2)n1-c1ccccc1)NCC(=O)c1ccccc1. The molecule has 4 rings (SSSR count). The molecule has 6 nitrogen and oxygen atoms in total. The first kappa shape index (κ1) is 18.4. The van der Waals surface area contributed by atoms with Crippen LogP contribution in [0.2, 0.25) is 0 Å². The summed E-state index contributed by atoms with van der Waals surface area (Å²) >= 11 is 1.33. The van der Waals surface area contributed by atoms with Crippen LogP contribution in [0.1, 0.15) is 34.9 Å². The maximum absolute atomic E-state index is 12.2. The van der Waals surface area contributed by atoms with Crippen LogP contribution in [0.25, 0.3) is 5.69 Å². The smallest absolute Gasteiger partial charge is 0.230 e. The van der Waals surface area contributed by atoms with E-state index in [0.717, 1.165) is 24.4 Å². The van der Waals surface area contributed by atoms with E-state index in [0.29, 0.717) is 16.6 Å². The van der Waals surface area contributed by atoms with Crippen LogP contribution in [0.3, 0.4) is 0 Å². The molecule has 0 bridgehead atoms. The lowest BCUT2D eigenvalue weighted by Gasteiger charge is -2.09. The number of aromatic nitrogens is 3. The second-order valence-electron chi connectivity index (χ2n) is 6.64. The van der Waals surface area contributed by atoms with Gasteiger partial charge in [0.2, 0.25) is 5.91 Å². The van der Waals surface area contributed by atoms with Crippen molar-refractivity contribution in [1.82, 2.24) is 20.1 Å². The van der Waals surface area contributed by atoms with Gasteiger partial charge in [0.05, 0.1) is 12.3 Å². The van der Waals surface area contributed by atoms with Gasteiger partial charge in [-0.15, -0.1) is 10.2 Å². The Bertz CT molecular complexity index is 969. The molecule has 2 aromatic carbocycles. The molecule has 1 aromatic heterocycles. The second-order valence-corrected chi connectivity index (χ2v) is 7.58. The van der Waals surface area contributed by atoms with Crippen molar-refractivity contribution in [3.05, 3.63) is 72.1 Å². The van der Waals surface area contributed by atoms with Gasteiger partial charge >= 0.3 is 0 Å². The van der Waals surface area contributed by atoms with Crippen LogP contribution in [-0.2, 0) is 4.79 Å². The maximum atomic E-state index is 12.2. The number of Topliss-reactive ketones (excluding diaryl/α,β-unsaturated/α-hetero) is 1. The molecule has 0 saturated heterocycles. The Balaban J connectivity index is 1.38. The van der Waals surface area contributed by atoms with E-state index in [4.69, 9.17) is 0 Å². The highest BCUT2D eigenvalue weighted by Crippen LogP contribution is 2.41. The van der Waals surface area contributed by atoms with Crippen LogP contribution in [0, 0.1) is 0 Å². The summed E-state index contributed by atoms with van der Waals surface area (Å²) in [6.45, 7) is -0.0118. The molecule has 0 radical (unpaired) electrons. The van der Waals surface area contributed by atoms with Crippen molar-refractivity contribution < 1.29 is 9.59 Å². The highest BCUT2D eigenvalue weighted by Gasteiger charge is 2.31. The Morgan fingerprint density at radius 1 is 1.00 bits per heavy atom. The van der Waals surface area contributed by atoms with E-state index in [-0.39, 0.29) is 24.0 Å². The molecule has 0 unspecified atom stereocenters. The molecule has 1 aliphatic rings. The molecule has 1 saturated carbocycles. The molecule has 7 heteroatoms. The highest BCUT2D eigenvalue weighted by atomic mass is 32.2. The third kappa shape index (κ3) is 4.31. The number of rotatable bonds is 8. The number of benzene rings is 2. The minimum absolute atomic E-state index is 0.0118. The summed E-state index contributed by atoms with van der Waals surface area (Å²) in [5, 5.41) is 12.0. The van der Waals surface area contributed by atoms with Gasteiger partial charge in [-0.3, -0.25) is 14.2 Å². The molecule has 28 heavy (non-hydrogen) atoms. The van der Waals surface area contributed by atoms with Crippen molar-refractivity contribution >= 4 is 23.5 Å². The van der Waals surface area contributed by atoms with Gasteiger partial charge in [0.1, 0.15) is 5.82 Å². The summed E-state index contributed by atoms with van der Waals surface area (Å²) in [5.74, 6) is 1.26. The average Bonchev–Trinajstić information content (AvgIpc) is 3.51. The number of para-hydroxylation sites is 1. The second kappa shape index (κ2) is 8.39. The number of nitrogens with zero attached hydrogens (tertiary/aromatic N) is 3. The third-order valence-corrected chi connectivity index (χ3v) is 5.42. The van der Waals surface area contributed by atoms with Crippen LogP contribution < -0.4 is 5.32 Å². The lowest BCUT2D eigenvalue weighted by atomic mass is 10.1. The number of ketones is 1. The van der Waals surface area contributed by atoms with E-state index in [1.54, 1.807) is 24.3 Å². The monoisotopic (exact) mass is 392 g/mol. The molecule has 1 aliphatic carbocycles. The van der Waals surface area contributed by atoms with Gasteiger partial charge in [-0.1, -0.05) is 60.3 Å². The number of carbonyl (C=O) groups excluding carboxylic acids is 2. The summed E-state index contributed by atoms with van der Waals surface area (Å²) in [6, 6.07) is 18.9. The predicted octanol–water partition coefficient (Wildman–Crippen LogP) is 3.24. The van der Waals surface area contributed by atoms with Crippen LogP contribution in [0.15, 0.2) is 65.8 Å². The Morgan fingerprint density at radius 2 is 1.68 bits per heavy atom. The lowest BCUT2D eigenvalue weighted by molar-refractivity contribution is -0.118. The van der Waals surface area contributed by atoms with Crippen molar-refractivity contribution in [2.45, 2.75) is 23.9 Å². The fourth-order valence-corrected chi connectivity index (χ4v) is 3.68. The quantitative estimate of drug-likeness (QED) is 0.470. The summed E-state index contributed by atoms with van der Waals surface area (Å²) < 4.78 is 2.03. The first-order chi connectivity index (χ1) is 13.7. The van der Waals surface area contributed by atoms with Crippen molar-refractivity contribution in [2.75, 3.05) is 12.3 Å². The molecule has 0 atom stereocenters. The van der Waals surface area contributed by atoms with Gasteiger partial charge in [0.15, 0.2) is 10.9 Å². The van der Waals surface area contributed by atoms with E-state index in [9.17, 15) is 9.59 Å². The molecule has 1 fully saturated rings. The van der Waals surface area contributed by atoms with Crippen molar-refractivity contribution in [3.8, 4) is 5.69 Å². The first-order valence-corrected chi connectivity index (χ1v) is 10.2. The minimum atomic E-state index is -0.204. The molecular formula is C21H20N4O2S. The van der Waals surface area contributed by atoms with E-state index in [1.165, 1.54) is 11.8 Å². The van der Waals surface area contributed by atoms with Gasteiger partial charge in [0, 0.05) is 17.2 Å². The number of nitrogens with one attached hydrogen (secondary N) is 1. The molecule has 0 spiro atoms. The zero-order chi connectivity index (χ0) is 19.3. The van der Waals surface area contributed by atoms with Gasteiger partial charge in [0.25, 0.3) is 0 Å². The fraction of sp³-hybridized carbons (Fsp3) is 0.238. The summed E-state index contributed by atoms with van der Waals surface area (Å²) in [4.78, 5) is 24.3. The Labute approximate surface area is 167 Å². The Hall–Kier alpha value is -2.93. The zero-order valence-corrected chi connectivity index (χ0v) is 16.1. The van der Waals surface area contributed by atoms with E-state index < -0.39 is 0 Å². The highest BCUT2D eigenvalue weighted by molar-refractivity contribution is 7.99.